The first-order valence-corrected chi connectivity index (χ1v) is 4.60. The summed E-state index contributed by atoms with van der Waals surface area (Å²) in [5.41, 5.74) is 5.78. The van der Waals surface area contributed by atoms with Crippen LogP contribution in [0.4, 0.5) is 0 Å². The van der Waals surface area contributed by atoms with Crippen LogP contribution in [0.3, 0.4) is 0 Å². The maximum Gasteiger partial charge on any atom is 0.0459 e. The standard InChI is InChI=1S/C9H19NO/c1-7(6-11)8-2-4-9(10)5-3-8/h7-9,11H,2-6,10H2,1H3. The lowest BCUT2D eigenvalue weighted by atomic mass is 9.79. The Kier molecular flexibility index (Phi) is 3.34. The molecule has 1 unspecified atom stereocenters. The largest absolute Gasteiger partial charge is 0.396 e. The van der Waals surface area contributed by atoms with Gasteiger partial charge in [-0.3, -0.25) is 0 Å². The molecule has 1 saturated carbocycles. The van der Waals surface area contributed by atoms with Crippen LogP contribution in [0.2, 0.25) is 0 Å². The molecule has 0 heterocycles. The summed E-state index contributed by atoms with van der Waals surface area (Å²) in [6, 6.07) is 0.428. The molecule has 1 aliphatic rings. The lowest BCUT2D eigenvalue weighted by Crippen LogP contribution is -2.29. The van der Waals surface area contributed by atoms with Crippen molar-refractivity contribution in [2.45, 2.75) is 38.6 Å². The van der Waals surface area contributed by atoms with E-state index in [1.54, 1.807) is 0 Å². The van der Waals surface area contributed by atoms with Crippen LogP contribution >= 0.6 is 0 Å². The first-order chi connectivity index (χ1) is 5.24. The highest BCUT2D eigenvalue weighted by molar-refractivity contribution is 4.76. The van der Waals surface area contributed by atoms with E-state index in [9.17, 15) is 0 Å². The van der Waals surface area contributed by atoms with Crippen LogP contribution in [0, 0.1) is 11.8 Å². The zero-order chi connectivity index (χ0) is 8.27. The van der Waals surface area contributed by atoms with Gasteiger partial charge in [0.05, 0.1) is 0 Å². The Labute approximate surface area is 68.8 Å². The summed E-state index contributed by atoms with van der Waals surface area (Å²) in [7, 11) is 0. The fourth-order valence-electron chi connectivity index (χ4n) is 1.86. The quantitative estimate of drug-likeness (QED) is 0.631. The van der Waals surface area contributed by atoms with Crippen molar-refractivity contribution in [2.24, 2.45) is 17.6 Å². The molecule has 0 radical (unpaired) electrons. The smallest absolute Gasteiger partial charge is 0.0459 e. The van der Waals surface area contributed by atoms with Crippen molar-refractivity contribution in [1.29, 1.82) is 0 Å². The van der Waals surface area contributed by atoms with E-state index in [1.165, 1.54) is 12.8 Å². The number of aliphatic hydroxyl groups is 1. The average molecular weight is 157 g/mol. The summed E-state index contributed by atoms with van der Waals surface area (Å²) in [5.74, 6) is 1.20. The Hall–Kier alpha value is -0.0800. The van der Waals surface area contributed by atoms with E-state index in [2.05, 4.69) is 6.92 Å². The molecule has 0 aromatic carbocycles. The number of aliphatic hydroxyl groups excluding tert-OH is 1. The maximum atomic E-state index is 8.92. The first kappa shape index (κ1) is 9.01. The highest BCUT2D eigenvalue weighted by atomic mass is 16.3. The SMILES string of the molecule is CC(CO)C1CCC(N)CC1. The third-order valence-electron chi connectivity index (χ3n) is 2.91. The van der Waals surface area contributed by atoms with Gasteiger partial charge in [0.1, 0.15) is 0 Å². The van der Waals surface area contributed by atoms with Gasteiger partial charge in [0.25, 0.3) is 0 Å². The van der Waals surface area contributed by atoms with Crippen molar-refractivity contribution in [3.8, 4) is 0 Å². The molecule has 11 heavy (non-hydrogen) atoms. The first-order valence-electron chi connectivity index (χ1n) is 4.60. The van der Waals surface area contributed by atoms with Crippen LogP contribution in [0.1, 0.15) is 32.6 Å². The summed E-state index contributed by atoms with van der Waals surface area (Å²) >= 11 is 0. The van der Waals surface area contributed by atoms with E-state index in [4.69, 9.17) is 10.8 Å². The van der Waals surface area contributed by atoms with Gasteiger partial charge in [0.15, 0.2) is 0 Å². The molecule has 1 fully saturated rings. The molecule has 0 amide bonds. The molecule has 2 nitrogen and oxygen atoms in total. The molecule has 0 aromatic heterocycles. The summed E-state index contributed by atoms with van der Waals surface area (Å²) < 4.78 is 0. The van der Waals surface area contributed by atoms with Gasteiger partial charge in [-0.25, -0.2) is 0 Å². The minimum atomic E-state index is 0.333. The van der Waals surface area contributed by atoms with Crippen LogP contribution in [0.25, 0.3) is 0 Å². The van der Waals surface area contributed by atoms with Gasteiger partial charge >= 0.3 is 0 Å². The average Bonchev–Trinajstić information content (AvgIpc) is 2.05. The Bertz CT molecular complexity index is 108. The van der Waals surface area contributed by atoms with Gasteiger partial charge in [-0.15, -0.1) is 0 Å². The molecule has 2 heteroatoms. The van der Waals surface area contributed by atoms with Crippen LogP contribution in [-0.2, 0) is 0 Å². The van der Waals surface area contributed by atoms with E-state index in [-0.39, 0.29) is 0 Å². The summed E-state index contributed by atoms with van der Waals surface area (Å²) in [6.07, 6.45) is 4.72. The van der Waals surface area contributed by atoms with Crippen molar-refractivity contribution in [2.75, 3.05) is 6.61 Å². The topological polar surface area (TPSA) is 46.2 Å². The van der Waals surface area contributed by atoms with E-state index in [0.29, 0.717) is 18.6 Å². The van der Waals surface area contributed by atoms with Crippen LogP contribution in [0.15, 0.2) is 0 Å². The second kappa shape index (κ2) is 4.07. The number of hydrogen-bond donors (Lipinski definition) is 2. The second-order valence-electron chi connectivity index (χ2n) is 3.83. The molecule has 0 spiro atoms. The summed E-state index contributed by atoms with van der Waals surface area (Å²) in [4.78, 5) is 0. The Morgan fingerprint density at radius 2 is 1.91 bits per heavy atom. The molecule has 1 atom stereocenters. The van der Waals surface area contributed by atoms with Crippen LogP contribution in [-0.4, -0.2) is 17.8 Å². The molecular formula is C9H19NO. The number of rotatable bonds is 2. The lowest BCUT2D eigenvalue weighted by molar-refractivity contribution is 0.155. The van der Waals surface area contributed by atoms with Gasteiger partial charge in [0.2, 0.25) is 0 Å². The predicted octanol–water partition coefficient (Wildman–Crippen LogP) is 1.13. The molecule has 0 aromatic rings. The fraction of sp³-hybridized carbons (Fsp3) is 1.00. The van der Waals surface area contributed by atoms with Crippen molar-refractivity contribution in [1.82, 2.24) is 0 Å². The number of nitrogens with two attached hydrogens (primary N) is 1. The highest BCUT2D eigenvalue weighted by Crippen LogP contribution is 2.28. The summed E-state index contributed by atoms with van der Waals surface area (Å²) in [5, 5.41) is 8.92. The zero-order valence-electron chi connectivity index (χ0n) is 7.29. The second-order valence-corrected chi connectivity index (χ2v) is 3.83. The fourth-order valence-corrected chi connectivity index (χ4v) is 1.86. The predicted molar refractivity (Wildman–Crippen MR) is 46.2 cm³/mol. The molecule has 0 aliphatic heterocycles. The molecule has 3 N–H and O–H groups in total. The Balaban J connectivity index is 2.27. The van der Waals surface area contributed by atoms with E-state index < -0.39 is 0 Å². The van der Waals surface area contributed by atoms with Crippen molar-refractivity contribution in [3.63, 3.8) is 0 Å². The van der Waals surface area contributed by atoms with E-state index >= 15 is 0 Å². The van der Waals surface area contributed by atoms with Crippen LogP contribution in [0.5, 0.6) is 0 Å². The van der Waals surface area contributed by atoms with Crippen molar-refractivity contribution >= 4 is 0 Å². The van der Waals surface area contributed by atoms with Gasteiger partial charge in [-0.2, -0.15) is 0 Å². The maximum absolute atomic E-state index is 8.92. The van der Waals surface area contributed by atoms with Crippen molar-refractivity contribution < 1.29 is 5.11 Å². The van der Waals surface area contributed by atoms with Gasteiger partial charge < -0.3 is 10.8 Å². The summed E-state index contributed by atoms with van der Waals surface area (Å²) in [6.45, 7) is 2.46. The zero-order valence-corrected chi connectivity index (χ0v) is 7.29. The third kappa shape index (κ3) is 2.46. The van der Waals surface area contributed by atoms with E-state index in [0.717, 1.165) is 18.8 Å². The molecule has 1 aliphatic carbocycles. The minimum absolute atomic E-state index is 0.333. The number of hydrogen-bond acceptors (Lipinski definition) is 2. The van der Waals surface area contributed by atoms with Crippen molar-refractivity contribution in [3.05, 3.63) is 0 Å². The lowest BCUT2D eigenvalue weighted by Gasteiger charge is -2.29. The molecule has 0 saturated heterocycles. The normalized spacial score (nSPS) is 35.2. The third-order valence-corrected chi connectivity index (χ3v) is 2.91. The molecule has 1 rings (SSSR count). The van der Waals surface area contributed by atoms with Gasteiger partial charge in [-0.1, -0.05) is 6.92 Å². The van der Waals surface area contributed by atoms with E-state index in [1.807, 2.05) is 0 Å². The molecule has 0 bridgehead atoms. The highest BCUT2D eigenvalue weighted by Gasteiger charge is 2.22. The van der Waals surface area contributed by atoms with Gasteiger partial charge in [-0.05, 0) is 37.5 Å². The molecule has 66 valence electrons. The monoisotopic (exact) mass is 157 g/mol. The van der Waals surface area contributed by atoms with Gasteiger partial charge in [0, 0.05) is 12.6 Å². The minimum Gasteiger partial charge on any atom is -0.396 e. The van der Waals surface area contributed by atoms with Crippen LogP contribution < -0.4 is 5.73 Å². The molecular weight excluding hydrogens is 138 g/mol. The Morgan fingerprint density at radius 3 is 2.36 bits per heavy atom. The Morgan fingerprint density at radius 1 is 1.36 bits per heavy atom.